The van der Waals surface area contributed by atoms with Gasteiger partial charge < -0.3 is 4.74 Å². The summed E-state index contributed by atoms with van der Waals surface area (Å²) in [6.07, 6.45) is 1.41. The van der Waals surface area contributed by atoms with Gasteiger partial charge in [0.25, 0.3) is 0 Å². The number of piperidine rings is 1. The highest BCUT2D eigenvalue weighted by Gasteiger charge is 2.30. The zero-order valence-electron chi connectivity index (χ0n) is 17.7. The summed E-state index contributed by atoms with van der Waals surface area (Å²) in [5.74, 6) is 0.853. The number of sulfonamides is 1. The minimum Gasteiger partial charge on any atom is -0.490 e. The summed E-state index contributed by atoms with van der Waals surface area (Å²) in [7, 11) is -1.31. The molecular formula is C24H28N2O3S2. The van der Waals surface area contributed by atoms with E-state index in [-0.39, 0.29) is 6.10 Å². The number of rotatable bonds is 8. The monoisotopic (exact) mass is 456 g/mol. The molecule has 31 heavy (non-hydrogen) atoms. The van der Waals surface area contributed by atoms with Gasteiger partial charge in [-0.25, -0.2) is 8.42 Å². The lowest BCUT2D eigenvalue weighted by molar-refractivity contribution is 0.135. The number of hydrogen-bond acceptors (Lipinski definition) is 5. The third kappa shape index (κ3) is 5.74. The van der Waals surface area contributed by atoms with Crippen molar-refractivity contribution in [2.45, 2.75) is 36.9 Å². The van der Waals surface area contributed by atoms with Crippen LogP contribution in [0.5, 0.6) is 5.75 Å². The van der Waals surface area contributed by atoms with Crippen molar-refractivity contribution < 1.29 is 13.2 Å². The van der Waals surface area contributed by atoms with Crippen molar-refractivity contribution in [2.75, 3.05) is 20.1 Å². The van der Waals surface area contributed by atoms with E-state index in [9.17, 15) is 8.42 Å². The van der Waals surface area contributed by atoms with Gasteiger partial charge in [0.05, 0.1) is 4.90 Å². The second-order valence-electron chi connectivity index (χ2n) is 7.99. The van der Waals surface area contributed by atoms with E-state index in [1.165, 1.54) is 11.1 Å². The maximum absolute atomic E-state index is 12.8. The number of thiophene rings is 1. The number of nitrogens with zero attached hydrogens (tertiary/aromatic N) is 2. The summed E-state index contributed by atoms with van der Waals surface area (Å²) >= 11 is 1.72. The van der Waals surface area contributed by atoms with E-state index >= 15 is 0 Å². The van der Waals surface area contributed by atoms with Crippen LogP contribution in [0, 0.1) is 0 Å². The van der Waals surface area contributed by atoms with Crippen molar-refractivity contribution in [3.63, 3.8) is 0 Å². The normalized spacial score (nSPS) is 15.9. The molecule has 4 rings (SSSR count). The summed E-state index contributed by atoms with van der Waals surface area (Å²) in [4.78, 5) is 2.64. The molecule has 0 unspecified atom stereocenters. The van der Waals surface area contributed by atoms with Gasteiger partial charge >= 0.3 is 0 Å². The molecule has 1 fully saturated rings. The Hall–Kier alpha value is -2.19. The fraction of sp³-hybridized carbons (Fsp3) is 0.333. The number of benzene rings is 2. The average molecular weight is 457 g/mol. The molecule has 0 atom stereocenters. The van der Waals surface area contributed by atoms with Gasteiger partial charge in [-0.2, -0.15) is 15.6 Å². The predicted octanol–water partition coefficient (Wildman–Crippen LogP) is 4.61. The van der Waals surface area contributed by atoms with Gasteiger partial charge in [-0.05, 0) is 72.1 Å². The van der Waals surface area contributed by atoms with Crippen LogP contribution in [0.25, 0.3) is 0 Å². The number of ether oxygens (including phenoxy) is 1. The molecule has 164 valence electrons. The molecular weight excluding hydrogens is 428 g/mol. The van der Waals surface area contributed by atoms with Gasteiger partial charge in [-0.3, -0.25) is 4.90 Å². The zero-order valence-corrected chi connectivity index (χ0v) is 19.3. The molecule has 2 aromatic carbocycles. The molecule has 1 aliphatic rings. The molecule has 5 nitrogen and oxygen atoms in total. The number of hydrogen-bond donors (Lipinski definition) is 0. The summed E-state index contributed by atoms with van der Waals surface area (Å²) < 4.78 is 33.4. The molecule has 0 bridgehead atoms. The van der Waals surface area contributed by atoms with Crippen molar-refractivity contribution >= 4 is 21.4 Å². The van der Waals surface area contributed by atoms with Gasteiger partial charge in [-0.15, -0.1) is 0 Å². The fourth-order valence-corrected chi connectivity index (χ4v) is 6.05. The van der Waals surface area contributed by atoms with Crippen molar-refractivity contribution in [1.82, 2.24) is 9.21 Å². The summed E-state index contributed by atoms with van der Waals surface area (Å²) in [5.41, 5.74) is 2.54. The molecule has 1 aliphatic heterocycles. The second kappa shape index (κ2) is 9.96. The third-order valence-corrected chi connectivity index (χ3v) is 8.11. The molecule has 0 amide bonds. The summed E-state index contributed by atoms with van der Waals surface area (Å²) in [5, 5.41) is 4.29. The minimum absolute atomic E-state index is 0.0287. The van der Waals surface area contributed by atoms with E-state index in [1.54, 1.807) is 39.9 Å². The van der Waals surface area contributed by atoms with Crippen LogP contribution in [0.2, 0.25) is 0 Å². The van der Waals surface area contributed by atoms with Crippen molar-refractivity contribution in [1.29, 1.82) is 0 Å². The van der Waals surface area contributed by atoms with Gasteiger partial charge in [0.2, 0.25) is 10.0 Å². The Balaban J connectivity index is 1.31. The Kier molecular flexibility index (Phi) is 7.07. The molecule has 0 aliphatic carbocycles. The first kappa shape index (κ1) is 22.0. The lowest BCUT2D eigenvalue weighted by Gasteiger charge is -2.31. The maximum Gasteiger partial charge on any atom is 0.243 e. The maximum atomic E-state index is 12.8. The second-order valence-corrected chi connectivity index (χ2v) is 10.7. The van der Waals surface area contributed by atoms with Gasteiger partial charge in [0, 0.05) is 26.2 Å². The van der Waals surface area contributed by atoms with Crippen molar-refractivity contribution in [2.24, 2.45) is 0 Å². The molecule has 2 heterocycles. The average Bonchev–Trinajstić information content (AvgIpc) is 3.28. The molecule has 0 saturated carbocycles. The highest BCUT2D eigenvalue weighted by Crippen LogP contribution is 2.24. The smallest absolute Gasteiger partial charge is 0.243 e. The van der Waals surface area contributed by atoms with E-state index < -0.39 is 10.0 Å². The van der Waals surface area contributed by atoms with Gasteiger partial charge in [-0.1, -0.05) is 30.3 Å². The highest BCUT2D eigenvalue weighted by molar-refractivity contribution is 7.89. The van der Waals surface area contributed by atoms with Crippen molar-refractivity contribution in [3.8, 4) is 5.75 Å². The quantitative estimate of drug-likeness (QED) is 0.497. The molecule has 1 aromatic heterocycles. The lowest BCUT2D eigenvalue weighted by atomic mass is 10.1. The Bertz CT molecular complexity index is 1060. The Morgan fingerprint density at radius 1 is 1.00 bits per heavy atom. The van der Waals surface area contributed by atoms with E-state index in [0.29, 0.717) is 30.8 Å². The first-order chi connectivity index (χ1) is 15.0. The molecule has 0 radical (unpaired) electrons. The van der Waals surface area contributed by atoms with Crippen LogP contribution in [0.3, 0.4) is 0 Å². The molecule has 0 spiro atoms. The van der Waals surface area contributed by atoms with Crippen LogP contribution < -0.4 is 4.74 Å². The van der Waals surface area contributed by atoms with E-state index in [0.717, 1.165) is 18.8 Å². The topological polar surface area (TPSA) is 49.9 Å². The Labute approximate surface area is 188 Å². The van der Waals surface area contributed by atoms with Crippen LogP contribution in [0.1, 0.15) is 24.0 Å². The molecule has 0 N–H and O–H groups in total. The predicted molar refractivity (Wildman–Crippen MR) is 125 cm³/mol. The minimum atomic E-state index is -3.43. The van der Waals surface area contributed by atoms with E-state index in [1.807, 2.05) is 18.2 Å². The molecule has 7 heteroatoms. The third-order valence-electron chi connectivity index (χ3n) is 5.47. The van der Waals surface area contributed by atoms with Gasteiger partial charge in [0.1, 0.15) is 11.9 Å². The molecule has 3 aromatic rings. The van der Waals surface area contributed by atoms with Crippen LogP contribution in [0.15, 0.2) is 76.3 Å². The standard InChI is InChI=1S/C24H28N2O3S2/c1-25(18-21-12-15-30-19-21)17-20-6-5-7-23(16-20)29-22-10-13-26(14-11-22)31(27,28)24-8-3-2-4-9-24/h2-9,12,15-16,19,22H,10-11,13-14,17-18H2,1H3. The van der Waals surface area contributed by atoms with Crippen LogP contribution in [-0.2, 0) is 23.1 Å². The first-order valence-electron chi connectivity index (χ1n) is 10.5. The van der Waals surface area contributed by atoms with Crippen LogP contribution >= 0.6 is 11.3 Å². The van der Waals surface area contributed by atoms with E-state index in [2.05, 4.69) is 40.9 Å². The van der Waals surface area contributed by atoms with E-state index in [4.69, 9.17) is 4.74 Å². The van der Waals surface area contributed by atoms with Gasteiger partial charge in [0.15, 0.2) is 0 Å². The SMILES string of the molecule is CN(Cc1ccsc1)Cc1cccc(OC2CCN(S(=O)(=O)c3ccccc3)CC2)c1. The first-order valence-corrected chi connectivity index (χ1v) is 12.9. The van der Waals surface area contributed by atoms with Crippen molar-refractivity contribution in [3.05, 3.63) is 82.6 Å². The summed E-state index contributed by atoms with van der Waals surface area (Å²) in [6, 6.07) is 19.0. The Morgan fingerprint density at radius 2 is 1.74 bits per heavy atom. The largest absolute Gasteiger partial charge is 0.490 e. The van der Waals surface area contributed by atoms with Crippen LogP contribution in [0.4, 0.5) is 0 Å². The zero-order chi connectivity index (χ0) is 21.7. The fourth-order valence-electron chi connectivity index (χ4n) is 3.90. The molecule has 1 saturated heterocycles. The highest BCUT2D eigenvalue weighted by atomic mass is 32.2. The Morgan fingerprint density at radius 3 is 2.45 bits per heavy atom. The summed E-state index contributed by atoms with van der Waals surface area (Å²) in [6.45, 7) is 2.72. The lowest BCUT2D eigenvalue weighted by Crippen LogP contribution is -2.41. The van der Waals surface area contributed by atoms with Crippen LogP contribution in [-0.4, -0.2) is 43.9 Å².